The van der Waals surface area contributed by atoms with Crippen LogP contribution in [-0.4, -0.2) is 17.7 Å². The Hall–Kier alpha value is -3.08. The van der Waals surface area contributed by atoms with Crippen molar-refractivity contribution < 1.29 is 19.1 Å². The van der Waals surface area contributed by atoms with Crippen molar-refractivity contribution in [3.8, 4) is 5.75 Å². The van der Waals surface area contributed by atoms with E-state index < -0.39 is 5.97 Å². The van der Waals surface area contributed by atoms with Gasteiger partial charge in [0.15, 0.2) is 5.76 Å². The summed E-state index contributed by atoms with van der Waals surface area (Å²) in [6.07, 6.45) is 0.895. The molecule has 0 amide bonds. The Labute approximate surface area is 156 Å². The molecule has 1 heterocycles. The molecule has 1 aliphatic rings. The monoisotopic (exact) mass is 364 g/mol. The smallest absolute Gasteiger partial charge is 0.335 e. The molecule has 1 N–H and O–H groups in total. The first-order chi connectivity index (χ1) is 13.0. The lowest BCUT2D eigenvalue weighted by atomic mass is 10.0. The maximum absolute atomic E-state index is 13.0. The van der Waals surface area contributed by atoms with Crippen molar-refractivity contribution in [1.82, 2.24) is 0 Å². The molecule has 0 spiro atoms. The van der Waals surface area contributed by atoms with Gasteiger partial charge in [-0.15, -0.1) is 0 Å². The molecule has 0 radical (unpaired) electrons. The van der Waals surface area contributed by atoms with Crippen LogP contribution in [0.1, 0.15) is 52.4 Å². The highest BCUT2D eigenvalue weighted by Gasteiger charge is 2.44. The van der Waals surface area contributed by atoms with Crippen LogP contribution in [0, 0.1) is 6.92 Å². The maximum Gasteiger partial charge on any atom is 0.335 e. The Bertz CT molecular complexity index is 1100. The number of benzene rings is 2. The number of carboxylic acids is 1. The molecule has 5 heteroatoms. The van der Waals surface area contributed by atoms with Crippen LogP contribution in [0.5, 0.6) is 5.75 Å². The highest BCUT2D eigenvalue weighted by atomic mass is 16.5. The van der Waals surface area contributed by atoms with Crippen LogP contribution >= 0.6 is 0 Å². The van der Waals surface area contributed by atoms with Crippen LogP contribution in [0.25, 0.3) is 11.0 Å². The number of aromatic carboxylic acids is 1. The lowest BCUT2D eigenvalue weighted by Gasteiger charge is -2.11. The summed E-state index contributed by atoms with van der Waals surface area (Å²) in [5, 5.41) is 9.42. The topological polar surface area (TPSA) is 76.7 Å². The van der Waals surface area contributed by atoms with Crippen molar-refractivity contribution in [2.45, 2.75) is 32.1 Å². The lowest BCUT2D eigenvalue weighted by Crippen LogP contribution is -2.12. The molecule has 0 bridgehead atoms. The minimum Gasteiger partial charge on any atom is -0.487 e. The first-order valence-electron chi connectivity index (χ1n) is 9.03. The fourth-order valence-corrected chi connectivity index (χ4v) is 3.68. The second kappa shape index (κ2) is 6.58. The highest BCUT2D eigenvalue weighted by Crippen LogP contribution is 2.57. The van der Waals surface area contributed by atoms with Gasteiger partial charge < -0.3 is 14.3 Å². The van der Waals surface area contributed by atoms with E-state index in [4.69, 9.17) is 9.15 Å². The number of hydrogen-bond acceptors (Lipinski definition) is 4. The molecule has 2 aromatic carbocycles. The first-order valence-corrected chi connectivity index (χ1v) is 9.03. The quantitative estimate of drug-likeness (QED) is 0.723. The third-order valence-electron chi connectivity index (χ3n) is 5.12. The molecule has 2 atom stereocenters. The molecule has 1 saturated carbocycles. The predicted octanol–water partition coefficient (Wildman–Crippen LogP) is 4.47. The van der Waals surface area contributed by atoms with E-state index in [2.05, 4.69) is 19.1 Å². The van der Waals surface area contributed by atoms with E-state index in [9.17, 15) is 14.7 Å². The van der Waals surface area contributed by atoms with Gasteiger partial charge in [-0.25, -0.2) is 4.79 Å². The Morgan fingerprint density at radius 3 is 2.70 bits per heavy atom. The van der Waals surface area contributed by atoms with Gasteiger partial charge in [0.1, 0.15) is 5.58 Å². The molecule has 1 fully saturated rings. The van der Waals surface area contributed by atoms with Crippen LogP contribution in [-0.2, 0) is 0 Å². The molecule has 4 rings (SSSR count). The normalized spacial score (nSPS) is 18.4. The lowest BCUT2D eigenvalue weighted by molar-refractivity contribution is 0.0697. The van der Waals surface area contributed by atoms with Crippen LogP contribution in [0.4, 0.5) is 0 Å². The van der Waals surface area contributed by atoms with Gasteiger partial charge in [-0.3, -0.25) is 4.79 Å². The van der Waals surface area contributed by atoms with Crippen molar-refractivity contribution in [3.05, 3.63) is 75.1 Å². The maximum atomic E-state index is 13.0. The predicted molar refractivity (Wildman–Crippen MR) is 102 cm³/mol. The van der Waals surface area contributed by atoms with E-state index in [0.29, 0.717) is 23.9 Å². The van der Waals surface area contributed by atoms with Gasteiger partial charge in [0.2, 0.25) is 11.2 Å². The third-order valence-corrected chi connectivity index (χ3v) is 5.12. The van der Waals surface area contributed by atoms with E-state index in [-0.39, 0.29) is 28.0 Å². The molecule has 3 aromatic rings. The number of fused-ring (bicyclic) bond motifs is 1. The van der Waals surface area contributed by atoms with Crippen molar-refractivity contribution in [2.24, 2.45) is 0 Å². The fourth-order valence-electron chi connectivity index (χ4n) is 3.68. The van der Waals surface area contributed by atoms with Crippen molar-refractivity contribution in [1.29, 1.82) is 0 Å². The van der Waals surface area contributed by atoms with E-state index >= 15 is 0 Å². The largest absolute Gasteiger partial charge is 0.487 e. The summed E-state index contributed by atoms with van der Waals surface area (Å²) < 4.78 is 11.7. The third kappa shape index (κ3) is 2.99. The highest BCUT2D eigenvalue weighted by molar-refractivity contribution is 5.93. The average molecular weight is 364 g/mol. The van der Waals surface area contributed by atoms with Gasteiger partial charge in [-0.2, -0.15) is 0 Å². The van der Waals surface area contributed by atoms with Crippen LogP contribution in [0.15, 0.2) is 51.7 Å². The molecular weight excluding hydrogens is 344 g/mol. The summed E-state index contributed by atoms with van der Waals surface area (Å²) in [4.78, 5) is 24.2. The van der Waals surface area contributed by atoms with Crippen LogP contribution in [0.2, 0.25) is 0 Å². The van der Waals surface area contributed by atoms with Gasteiger partial charge in [-0.1, -0.05) is 24.3 Å². The van der Waals surface area contributed by atoms with E-state index in [1.807, 2.05) is 19.1 Å². The van der Waals surface area contributed by atoms with E-state index in [1.165, 1.54) is 23.3 Å². The van der Waals surface area contributed by atoms with Crippen molar-refractivity contribution in [2.75, 3.05) is 6.61 Å². The zero-order valence-corrected chi connectivity index (χ0v) is 15.2. The summed E-state index contributed by atoms with van der Waals surface area (Å²) in [7, 11) is 0. The van der Waals surface area contributed by atoms with E-state index in [0.717, 1.165) is 6.42 Å². The summed E-state index contributed by atoms with van der Waals surface area (Å²) in [5.74, 6) is 0.0626. The van der Waals surface area contributed by atoms with Gasteiger partial charge in [-0.05, 0) is 55.5 Å². The summed E-state index contributed by atoms with van der Waals surface area (Å²) in [6, 6.07) is 12.6. The first kappa shape index (κ1) is 17.3. The van der Waals surface area contributed by atoms with E-state index in [1.54, 1.807) is 6.07 Å². The summed E-state index contributed by atoms with van der Waals surface area (Å²) in [6.45, 7) is 4.23. The zero-order chi connectivity index (χ0) is 19.1. The Kier molecular flexibility index (Phi) is 4.22. The summed E-state index contributed by atoms with van der Waals surface area (Å²) >= 11 is 0. The molecule has 5 nitrogen and oxygen atoms in total. The Morgan fingerprint density at radius 2 is 2.00 bits per heavy atom. The number of carbonyl (C=O) groups is 1. The molecule has 2 unspecified atom stereocenters. The minimum atomic E-state index is -1.08. The molecule has 27 heavy (non-hydrogen) atoms. The molecule has 1 aromatic heterocycles. The SMILES string of the molecule is CCOc1c(C2CC2c2ccccc2C)oc2ccc(C(=O)O)cc2c1=O. The van der Waals surface area contributed by atoms with Crippen LogP contribution in [0.3, 0.4) is 0 Å². The number of aryl methyl sites for hydroxylation is 1. The summed E-state index contributed by atoms with van der Waals surface area (Å²) in [5.41, 5.74) is 2.60. The van der Waals surface area contributed by atoms with Crippen molar-refractivity contribution in [3.63, 3.8) is 0 Å². The van der Waals surface area contributed by atoms with Crippen LogP contribution < -0.4 is 10.2 Å². The zero-order valence-electron chi connectivity index (χ0n) is 15.2. The van der Waals surface area contributed by atoms with Gasteiger partial charge in [0.25, 0.3) is 0 Å². The average Bonchev–Trinajstić information content (AvgIpc) is 3.44. The standard InChI is InChI=1S/C22H20O5/c1-3-26-21-19(23)17-10-13(22(24)25)8-9-18(17)27-20(21)16-11-15(16)14-7-5-4-6-12(14)2/h4-10,15-16H,3,11H2,1-2H3,(H,24,25). The molecule has 138 valence electrons. The second-order valence-electron chi connectivity index (χ2n) is 6.88. The second-order valence-corrected chi connectivity index (χ2v) is 6.88. The number of rotatable bonds is 5. The minimum absolute atomic E-state index is 0.0502. The molecule has 0 aliphatic heterocycles. The number of ether oxygens (including phenoxy) is 1. The fraction of sp³-hybridized carbons (Fsp3) is 0.273. The van der Waals surface area contributed by atoms with Gasteiger partial charge >= 0.3 is 5.97 Å². The molecule has 1 aliphatic carbocycles. The van der Waals surface area contributed by atoms with Gasteiger partial charge in [0.05, 0.1) is 17.6 Å². The number of carboxylic acid groups (broad SMARTS) is 1. The van der Waals surface area contributed by atoms with Gasteiger partial charge in [0, 0.05) is 5.92 Å². The Balaban J connectivity index is 1.82. The van der Waals surface area contributed by atoms with Crippen molar-refractivity contribution >= 4 is 16.9 Å². The number of hydrogen-bond donors (Lipinski definition) is 1. The molecular formula is C22H20O5. The molecule has 0 saturated heterocycles. The Morgan fingerprint density at radius 1 is 1.22 bits per heavy atom.